The van der Waals surface area contributed by atoms with E-state index in [0.717, 1.165) is 51.9 Å². The van der Waals surface area contributed by atoms with Gasteiger partial charge in [-0.2, -0.15) is 0 Å². The Morgan fingerprint density at radius 3 is 2.35 bits per heavy atom. The average Bonchev–Trinajstić information content (AvgIpc) is 2.98. The summed E-state index contributed by atoms with van der Waals surface area (Å²) in [4.78, 5) is 9.60. The first-order chi connectivity index (χ1) is 12.4. The zero-order valence-electron chi connectivity index (χ0n) is 17.8. The van der Waals surface area contributed by atoms with Crippen LogP contribution >= 0.6 is 0 Å². The van der Waals surface area contributed by atoms with Gasteiger partial charge in [0.1, 0.15) is 0 Å². The molecule has 3 unspecified atom stereocenters. The van der Waals surface area contributed by atoms with Gasteiger partial charge < -0.3 is 15.4 Å². The van der Waals surface area contributed by atoms with E-state index in [1.165, 1.54) is 6.42 Å². The average molecular weight is 368 g/mol. The molecule has 0 saturated carbocycles. The zero-order valence-corrected chi connectivity index (χ0v) is 17.8. The Hall–Kier alpha value is -0.850. The minimum atomic E-state index is 0.468. The predicted octanol–water partition coefficient (Wildman–Crippen LogP) is 1.63. The summed E-state index contributed by atoms with van der Waals surface area (Å²) in [6, 6.07) is 1.61. The van der Waals surface area contributed by atoms with Gasteiger partial charge in [-0.05, 0) is 32.1 Å². The van der Waals surface area contributed by atoms with Crippen molar-refractivity contribution in [3.63, 3.8) is 0 Å². The summed E-state index contributed by atoms with van der Waals surface area (Å²) in [5.41, 5.74) is 0. The van der Waals surface area contributed by atoms with Gasteiger partial charge in [-0.15, -0.1) is 0 Å². The summed E-state index contributed by atoms with van der Waals surface area (Å²) in [7, 11) is 1.88. The molecule has 3 atom stereocenters. The molecule has 152 valence electrons. The van der Waals surface area contributed by atoms with Crippen LogP contribution < -0.4 is 10.6 Å². The van der Waals surface area contributed by atoms with Crippen molar-refractivity contribution in [3.8, 4) is 0 Å². The van der Waals surface area contributed by atoms with Crippen LogP contribution in [-0.2, 0) is 4.74 Å². The van der Waals surface area contributed by atoms with E-state index < -0.39 is 0 Å². The molecule has 0 aromatic carbocycles. The minimum absolute atomic E-state index is 0.468. The van der Waals surface area contributed by atoms with Gasteiger partial charge in [0.2, 0.25) is 0 Å². The smallest absolute Gasteiger partial charge is 0.191 e. The lowest BCUT2D eigenvalue weighted by Crippen LogP contribution is -2.53. The normalized spacial score (nSPS) is 27.3. The second-order valence-electron chi connectivity index (χ2n) is 8.66. The van der Waals surface area contributed by atoms with E-state index in [1.54, 1.807) is 0 Å². The maximum atomic E-state index is 5.53. The summed E-state index contributed by atoms with van der Waals surface area (Å²) < 4.78 is 5.53. The third-order valence-electron chi connectivity index (χ3n) is 5.73. The highest BCUT2D eigenvalue weighted by atomic mass is 16.5. The summed E-state index contributed by atoms with van der Waals surface area (Å²) in [6.45, 7) is 18.5. The van der Waals surface area contributed by atoms with Crippen molar-refractivity contribution < 1.29 is 4.74 Å². The molecule has 6 nitrogen and oxygen atoms in total. The molecule has 2 aliphatic rings. The lowest BCUT2D eigenvalue weighted by Gasteiger charge is -2.36. The predicted molar refractivity (Wildman–Crippen MR) is 110 cm³/mol. The van der Waals surface area contributed by atoms with Gasteiger partial charge in [0.15, 0.2) is 5.96 Å². The van der Waals surface area contributed by atoms with E-state index in [0.29, 0.717) is 30.0 Å². The number of likely N-dealkylation sites (tertiary alicyclic amines) is 1. The number of morpholine rings is 1. The molecule has 2 aliphatic heterocycles. The van der Waals surface area contributed by atoms with Gasteiger partial charge in [0.05, 0.1) is 13.2 Å². The number of nitrogens with zero attached hydrogens (tertiary/aromatic N) is 3. The standard InChI is InChI=1S/C20H41N5O/c1-15(2)11-18(24-7-9-26-10-8-24)12-22-20(21-6)23-19-14-25(16(3)4)13-17(19)5/h15-19H,7-14H2,1-6H3,(H2,21,22,23). The molecule has 26 heavy (non-hydrogen) atoms. The van der Waals surface area contributed by atoms with Gasteiger partial charge in [0.25, 0.3) is 0 Å². The van der Waals surface area contributed by atoms with Crippen molar-refractivity contribution in [2.75, 3.05) is 53.0 Å². The van der Waals surface area contributed by atoms with E-state index in [4.69, 9.17) is 4.74 Å². The Balaban J connectivity index is 1.87. The number of hydrogen-bond donors (Lipinski definition) is 2. The maximum Gasteiger partial charge on any atom is 0.191 e. The van der Waals surface area contributed by atoms with Crippen LogP contribution in [0, 0.1) is 11.8 Å². The Kier molecular flexibility index (Phi) is 8.64. The zero-order chi connectivity index (χ0) is 19.1. The maximum absolute atomic E-state index is 5.53. The van der Waals surface area contributed by atoms with Crippen molar-refractivity contribution >= 4 is 5.96 Å². The number of guanidine groups is 1. The van der Waals surface area contributed by atoms with Crippen LogP contribution in [-0.4, -0.2) is 86.9 Å². The Bertz CT molecular complexity index is 434. The summed E-state index contributed by atoms with van der Waals surface area (Å²) >= 11 is 0. The van der Waals surface area contributed by atoms with Crippen molar-refractivity contribution in [1.29, 1.82) is 0 Å². The van der Waals surface area contributed by atoms with E-state index in [9.17, 15) is 0 Å². The Morgan fingerprint density at radius 1 is 1.12 bits per heavy atom. The molecule has 0 aliphatic carbocycles. The molecule has 2 fully saturated rings. The minimum Gasteiger partial charge on any atom is -0.379 e. The van der Waals surface area contributed by atoms with Gasteiger partial charge in [-0.3, -0.25) is 14.8 Å². The quantitative estimate of drug-likeness (QED) is 0.529. The largest absolute Gasteiger partial charge is 0.379 e. The molecule has 0 radical (unpaired) electrons. The summed E-state index contributed by atoms with van der Waals surface area (Å²) in [5, 5.41) is 7.27. The Morgan fingerprint density at radius 2 is 1.81 bits per heavy atom. The van der Waals surface area contributed by atoms with E-state index in [-0.39, 0.29) is 0 Å². The monoisotopic (exact) mass is 367 g/mol. The van der Waals surface area contributed by atoms with Crippen molar-refractivity contribution in [1.82, 2.24) is 20.4 Å². The highest BCUT2D eigenvalue weighted by Crippen LogP contribution is 2.18. The van der Waals surface area contributed by atoms with Crippen LogP contribution in [0.4, 0.5) is 0 Å². The van der Waals surface area contributed by atoms with Crippen LogP contribution in [0.25, 0.3) is 0 Å². The van der Waals surface area contributed by atoms with Crippen LogP contribution in [0.5, 0.6) is 0 Å². The number of hydrogen-bond acceptors (Lipinski definition) is 4. The second-order valence-corrected chi connectivity index (χ2v) is 8.66. The molecule has 2 rings (SSSR count). The van der Waals surface area contributed by atoms with Gasteiger partial charge >= 0.3 is 0 Å². The molecule has 2 heterocycles. The number of rotatable bonds is 7. The van der Waals surface area contributed by atoms with E-state index in [2.05, 4.69) is 60.0 Å². The molecule has 6 heteroatoms. The highest BCUT2D eigenvalue weighted by molar-refractivity contribution is 5.80. The third kappa shape index (κ3) is 6.39. The van der Waals surface area contributed by atoms with Crippen LogP contribution in [0.15, 0.2) is 4.99 Å². The van der Waals surface area contributed by atoms with E-state index >= 15 is 0 Å². The highest BCUT2D eigenvalue weighted by Gasteiger charge is 2.31. The van der Waals surface area contributed by atoms with E-state index in [1.807, 2.05) is 7.05 Å². The molecule has 0 bridgehead atoms. The third-order valence-corrected chi connectivity index (χ3v) is 5.73. The molecule has 2 N–H and O–H groups in total. The topological polar surface area (TPSA) is 52.1 Å². The molecule has 2 saturated heterocycles. The fourth-order valence-electron chi connectivity index (χ4n) is 4.05. The van der Waals surface area contributed by atoms with Crippen LogP contribution in [0.3, 0.4) is 0 Å². The van der Waals surface area contributed by atoms with Gasteiger partial charge in [0, 0.05) is 57.9 Å². The van der Waals surface area contributed by atoms with Gasteiger partial charge in [-0.1, -0.05) is 20.8 Å². The fraction of sp³-hybridized carbons (Fsp3) is 0.950. The number of aliphatic imine (C=N–C) groups is 1. The lowest BCUT2D eigenvalue weighted by molar-refractivity contribution is 0.0132. The van der Waals surface area contributed by atoms with Crippen LogP contribution in [0.2, 0.25) is 0 Å². The molecule has 0 spiro atoms. The lowest BCUT2D eigenvalue weighted by atomic mass is 10.0. The number of ether oxygens (including phenoxy) is 1. The van der Waals surface area contributed by atoms with Crippen molar-refractivity contribution in [2.45, 2.75) is 59.2 Å². The Labute approximate surface area is 160 Å². The first-order valence-corrected chi connectivity index (χ1v) is 10.4. The molecule has 0 aromatic rings. The van der Waals surface area contributed by atoms with Gasteiger partial charge in [-0.25, -0.2) is 0 Å². The molecule has 0 aromatic heterocycles. The fourth-order valence-corrected chi connectivity index (χ4v) is 4.05. The first-order valence-electron chi connectivity index (χ1n) is 10.4. The SMILES string of the molecule is CN=C(NCC(CC(C)C)N1CCOCC1)NC1CN(C(C)C)CC1C. The van der Waals surface area contributed by atoms with Crippen molar-refractivity contribution in [3.05, 3.63) is 0 Å². The summed E-state index contributed by atoms with van der Waals surface area (Å²) in [6.07, 6.45) is 1.20. The van der Waals surface area contributed by atoms with Crippen LogP contribution in [0.1, 0.15) is 41.0 Å². The number of nitrogens with one attached hydrogen (secondary N) is 2. The summed E-state index contributed by atoms with van der Waals surface area (Å²) in [5.74, 6) is 2.27. The molecular formula is C20H41N5O. The second kappa shape index (κ2) is 10.5. The van der Waals surface area contributed by atoms with Crippen molar-refractivity contribution in [2.24, 2.45) is 16.8 Å². The first kappa shape index (κ1) is 21.5. The molecular weight excluding hydrogens is 326 g/mol. The molecule has 0 amide bonds.